The van der Waals surface area contributed by atoms with E-state index in [4.69, 9.17) is 0 Å². The van der Waals surface area contributed by atoms with Crippen LogP contribution in [0.5, 0.6) is 0 Å². The number of benzene rings is 1. The van der Waals surface area contributed by atoms with Crippen LogP contribution >= 0.6 is 11.3 Å². The monoisotopic (exact) mass is 521 g/mol. The second-order valence-corrected chi connectivity index (χ2v) is 11.5. The first-order chi connectivity index (χ1) is 15.9. The van der Waals surface area contributed by atoms with E-state index in [1.54, 1.807) is 17.9 Å². The predicted octanol–water partition coefficient (Wildman–Crippen LogP) is 3.86. The van der Waals surface area contributed by atoms with Crippen molar-refractivity contribution in [2.75, 3.05) is 36.0 Å². The van der Waals surface area contributed by atoms with Gasteiger partial charge in [-0.1, -0.05) is 0 Å². The van der Waals surface area contributed by atoms with Crippen molar-refractivity contribution < 1.29 is 35.9 Å². The third-order valence-corrected chi connectivity index (χ3v) is 9.73. The number of rotatable bonds is 5. The minimum Gasteiger partial charge on any atom is -0.480 e. The van der Waals surface area contributed by atoms with Crippen molar-refractivity contribution in [2.45, 2.75) is 42.2 Å². The van der Waals surface area contributed by atoms with Crippen LogP contribution in [0, 0.1) is 5.82 Å². The molecule has 2 aliphatic heterocycles. The van der Waals surface area contributed by atoms with Gasteiger partial charge in [0.2, 0.25) is 0 Å². The second kappa shape index (κ2) is 9.00. The van der Waals surface area contributed by atoms with Gasteiger partial charge in [-0.2, -0.15) is 17.5 Å². The summed E-state index contributed by atoms with van der Waals surface area (Å²) in [6, 6.07) is 4.15. The zero-order valence-corrected chi connectivity index (χ0v) is 19.8. The molecule has 0 saturated carbocycles. The van der Waals surface area contributed by atoms with Gasteiger partial charge in [-0.3, -0.25) is 0 Å². The summed E-state index contributed by atoms with van der Waals surface area (Å²) < 4.78 is 81.7. The van der Waals surface area contributed by atoms with Crippen LogP contribution in [0.3, 0.4) is 0 Å². The normalized spacial score (nSPS) is 22.4. The molecule has 4 rings (SSSR count). The SMILES string of the molecule is C[C@@H]1CN(c2ccc(F)cc2C(F)(F)F)CCN1S(=O)(=O)c1ccc(N2CCCC2C(=O)O)s1. The first-order valence-electron chi connectivity index (χ1n) is 10.6. The molecule has 1 N–H and O–H groups in total. The number of carboxylic acid groups (broad SMARTS) is 1. The number of hydrogen-bond donors (Lipinski definition) is 1. The molecule has 7 nitrogen and oxygen atoms in total. The van der Waals surface area contributed by atoms with Gasteiger partial charge in [0.15, 0.2) is 0 Å². The quantitative estimate of drug-likeness (QED) is 0.602. The van der Waals surface area contributed by atoms with Gasteiger partial charge in [-0.15, -0.1) is 11.3 Å². The largest absolute Gasteiger partial charge is 0.480 e. The molecule has 0 amide bonds. The maximum atomic E-state index is 13.5. The zero-order chi connectivity index (χ0) is 24.8. The van der Waals surface area contributed by atoms with Gasteiger partial charge >= 0.3 is 12.1 Å². The number of piperazine rings is 1. The second-order valence-electron chi connectivity index (χ2n) is 8.35. The summed E-state index contributed by atoms with van der Waals surface area (Å²) in [4.78, 5) is 14.6. The Morgan fingerprint density at radius 3 is 2.53 bits per heavy atom. The molecule has 0 bridgehead atoms. The minimum atomic E-state index is -4.75. The van der Waals surface area contributed by atoms with Crippen molar-refractivity contribution in [1.29, 1.82) is 0 Å². The lowest BCUT2D eigenvalue weighted by molar-refractivity contribution is -0.138. The minimum absolute atomic E-state index is 0.000607. The van der Waals surface area contributed by atoms with Crippen LogP contribution in [-0.4, -0.2) is 62.1 Å². The van der Waals surface area contributed by atoms with Gasteiger partial charge in [0.25, 0.3) is 10.0 Å². The fraction of sp³-hybridized carbons (Fsp3) is 0.476. The zero-order valence-electron chi connectivity index (χ0n) is 18.1. The highest BCUT2D eigenvalue weighted by molar-refractivity contribution is 7.91. The third kappa shape index (κ3) is 4.60. The molecule has 3 heterocycles. The highest BCUT2D eigenvalue weighted by Crippen LogP contribution is 2.39. The van der Waals surface area contributed by atoms with Crippen molar-refractivity contribution in [3.05, 3.63) is 41.7 Å². The molecule has 34 heavy (non-hydrogen) atoms. The number of nitrogens with zero attached hydrogens (tertiary/aromatic N) is 3. The Hall–Kier alpha value is -2.38. The lowest BCUT2D eigenvalue weighted by atomic mass is 10.1. The molecule has 2 fully saturated rings. The van der Waals surface area contributed by atoms with E-state index in [1.165, 1.54) is 15.3 Å². The van der Waals surface area contributed by atoms with Crippen molar-refractivity contribution in [3.8, 4) is 0 Å². The summed E-state index contributed by atoms with van der Waals surface area (Å²) >= 11 is 0.987. The molecule has 0 radical (unpaired) electrons. The van der Waals surface area contributed by atoms with Gasteiger partial charge in [0, 0.05) is 37.9 Å². The Bertz CT molecular complexity index is 1180. The third-order valence-electron chi connectivity index (χ3n) is 6.12. The van der Waals surface area contributed by atoms with E-state index in [-0.39, 0.29) is 29.5 Å². The molecule has 2 atom stereocenters. The van der Waals surface area contributed by atoms with E-state index in [0.29, 0.717) is 30.5 Å². The number of aliphatic carboxylic acids is 1. The van der Waals surface area contributed by atoms with Crippen LogP contribution in [0.15, 0.2) is 34.5 Å². The number of thiophene rings is 1. The molecular formula is C21H23F4N3O4S2. The molecule has 1 aromatic heterocycles. The first-order valence-corrected chi connectivity index (χ1v) is 12.9. The molecule has 2 aliphatic rings. The molecular weight excluding hydrogens is 498 g/mol. The van der Waals surface area contributed by atoms with Gasteiger partial charge in [0.05, 0.1) is 10.6 Å². The Labute approximate surface area is 198 Å². The Morgan fingerprint density at radius 1 is 1.15 bits per heavy atom. The van der Waals surface area contributed by atoms with E-state index < -0.39 is 45.6 Å². The van der Waals surface area contributed by atoms with Crippen LogP contribution in [0.2, 0.25) is 0 Å². The molecule has 1 unspecified atom stereocenters. The van der Waals surface area contributed by atoms with E-state index in [0.717, 1.165) is 23.5 Å². The van der Waals surface area contributed by atoms with Crippen LogP contribution in [0.4, 0.5) is 28.3 Å². The summed E-state index contributed by atoms with van der Waals surface area (Å²) in [6.45, 7) is 2.08. The topological polar surface area (TPSA) is 81.2 Å². The van der Waals surface area contributed by atoms with Crippen molar-refractivity contribution in [1.82, 2.24) is 4.31 Å². The summed E-state index contributed by atoms with van der Waals surface area (Å²) in [5.74, 6) is -1.96. The predicted molar refractivity (Wildman–Crippen MR) is 119 cm³/mol. The molecule has 13 heteroatoms. The molecule has 1 aromatic carbocycles. The smallest absolute Gasteiger partial charge is 0.418 e. The number of hydrogen-bond acceptors (Lipinski definition) is 6. The molecule has 0 aliphatic carbocycles. The fourth-order valence-electron chi connectivity index (χ4n) is 4.53. The number of carboxylic acids is 1. The summed E-state index contributed by atoms with van der Waals surface area (Å²) in [5, 5.41) is 9.95. The van der Waals surface area contributed by atoms with E-state index in [2.05, 4.69) is 0 Å². The summed E-state index contributed by atoms with van der Waals surface area (Å²) in [5.41, 5.74) is -1.29. The van der Waals surface area contributed by atoms with Crippen LogP contribution < -0.4 is 9.80 Å². The highest BCUT2D eigenvalue weighted by Gasteiger charge is 2.40. The lowest BCUT2D eigenvalue weighted by Crippen LogP contribution is -2.54. The molecule has 2 aromatic rings. The number of sulfonamides is 1. The number of anilines is 2. The maximum absolute atomic E-state index is 13.5. The summed E-state index contributed by atoms with van der Waals surface area (Å²) in [6.07, 6.45) is -3.57. The molecule has 0 spiro atoms. The summed E-state index contributed by atoms with van der Waals surface area (Å²) in [7, 11) is -3.94. The fourth-order valence-corrected chi connectivity index (χ4v) is 7.65. The van der Waals surface area contributed by atoms with Crippen molar-refractivity contribution in [2.24, 2.45) is 0 Å². The average molecular weight is 522 g/mol. The van der Waals surface area contributed by atoms with Crippen LogP contribution in [-0.2, 0) is 21.0 Å². The number of halogens is 4. The lowest BCUT2D eigenvalue weighted by Gasteiger charge is -2.40. The standard InChI is InChI=1S/C21H23F4N3O4S2/c1-13-12-26(16-5-4-14(22)11-15(16)21(23,24)25)9-10-28(13)34(31,32)19-7-6-18(33-19)27-8-2-3-17(27)20(29)30/h4-7,11,13,17H,2-3,8-10,12H2,1H3,(H,29,30)/t13-,17?/m1/s1. The molecule has 186 valence electrons. The molecule has 2 saturated heterocycles. The average Bonchev–Trinajstić information content (AvgIpc) is 3.42. The highest BCUT2D eigenvalue weighted by atomic mass is 32.2. The van der Waals surface area contributed by atoms with Crippen molar-refractivity contribution in [3.63, 3.8) is 0 Å². The van der Waals surface area contributed by atoms with E-state index >= 15 is 0 Å². The van der Waals surface area contributed by atoms with E-state index in [1.807, 2.05) is 0 Å². The van der Waals surface area contributed by atoms with E-state index in [9.17, 15) is 35.9 Å². The number of carbonyl (C=O) groups is 1. The van der Waals surface area contributed by atoms with Gasteiger partial charge in [-0.05, 0) is 50.1 Å². The van der Waals surface area contributed by atoms with Crippen LogP contribution in [0.1, 0.15) is 25.3 Å². The van der Waals surface area contributed by atoms with Gasteiger partial charge < -0.3 is 14.9 Å². The van der Waals surface area contributed by atoms with Crippen molar-refractivity contribution >= 4 is 38.0 Å². The van der Waals surface area contributed by atoms with Gasteiger partial charge in [0.1, 0.15) is 16.1 Å². The Balaban J connectivity index is 1.54. The Kier molecular flexibility index (Phi) is 6.55. The Morgan fingerprint density at radius 2 is 1.88 bits per heavy atom. The van der Waals surface area contributed by atoms with Crippen LogP contribution in [0.25, 0.3) is 0 Å². The van der Waals surface area contributed by atoms with Gasteiger partial charge in [-0.25, -0.2) is 17.6 Å². The maximum Gasteiger partial charge on any atom is 0.418 e. The number of alkyl halides is 3. The first kappa shape index (κ1) is 24.7.